The number of aliphatic hydroxyl groups excluding tert-OH is 1. The van der Waals surface area contributed by atoms with Crippen LogP contribution in [-0.4, -0.2) is 28.9 Å². The lowest BCUT2D eigenvalue weighted by Gasteiger charge is -2.21. The monoisotopic (exact) mass is 725 g/mol. The first-order chi connectivity index (χ1) is 24.3. The maximum Gasteiger partial charge on any atom is 0.255 e. The molecule has 0 saturated carbocycles. The number of carbonyl (C=O) groups is 2. The molecule has 6 aromatic carbocycles. The van der Waals surface area contributed by atoms with Crippen LogP contribution in [0.25, 0.3) is 22.3 Å². The summed E-state index contributed by atoms with van der Waals surface area (Å²) >= 11 is 3.46. The number of hydrogen-bond donors (Lipinski definition) is 2. The predicted octanol–water partition coefficient (Wildman–Crippen LogP) is 9.45. The van der Waals surface area contributed by atoms with E-state index in [-0.39, 0.29) is 18.6 Å². The van der Waals surface area contributed by atoms with E-state index in [1.807, 2.05) is 121 Å². The summed E-state index contributed by atoms with van der Waals surface area (Å²) in [6, 6.07) is 47.6. The number of hydrogen-bond acceptors (Lipinski definition) is 5. The third-order valence-electron chi connectivity index (χ3n) is 8.26. The first kappa shape index (κ1) is 34.4. The van der Waals surface area contributed by atoms with E-state index in [9.17, 15) is 14.7 Å². The summed E-state index contributed by atoms with van der Waals surface area (Å²) in [6.07, 6.45) is -1.07. The van der Waals surface area contributed by atoms with Crippen molar-refractivity contribution in [2.75, 3.05) is 0 Å². The van der Waals surface area contributed by atoms with Crippen molar-refractivity contribution in [3.05, 3.63) is 173 Å². The highest BCUT2D eigenvalue weighted by molar-refractivity contribution is 9.10. The highest BCUT2D eigenvalue weighted by Gasteiger charge is 2.26. The molecule has 0 fully saturated rings. The average molecular weight is 727 g/mol. The molecule has 0 spiro atoms. The molecule has 6 nitrogen and oxygen atoms in total. The predicted molar refractivity (Wildman–Crippen MR) is 200 cm³/mol. The van der Waals surface area contributed by atoms with Crippen LogP contribution in [0.15, 0.2) is 156 Å². The summed E-state index contributed by atoms with van der Waals surface area (Å²) in [5.41, 5.74) is 6.12. The van der Waals surface area contributed by atoms with Crippen molar-refractivity contribution in [1.29, 1.82) is 0 Å². The summed E-state index contributed by atoms with van der Waals surface area (Å²) in [6.45, 7) is 1.66. The Hall–Kier alpha value is -5.50. The second-order valence-corrected chi connectivity index (χ2v) is 12.8. The van der Waals surface area contributed by atoms with Crippen LogP contribution in [0.1, 0.15) is 28.4 Å². The van der Waals surface area contributed by atoms with Gasteiger partial charge in [0.25, 0.3) is 5.91 Å². The van der Waals surface area contributed by atoms with Crippen molar-refractivity contribution in [3.8, 4) is 39.5 Å². The Morgan fingerprint density at radius 2 is 1.28 bits per heavy atom. The van der Waals surface area contributed by atoms with Gasteiger partial charge in [0.2, 0.25) is 0 Å². The van der Waals surface area contributed by atoms with Gasteiger partial charge in [0.15, 0.2) is 5.78 Å². The summed E-state index contributed by atoms with van der Waals surface area (Å²) in [4.78, 5) is 26.9. The van der Waals surface area contributed by atoms with Gasteiger partial charge in [-0.05, 0) is 77.6 Å². The molecule has 0 aliphatic heterocycles. The SMILES string of the molecule is CC(O)C(=O)[C@H](Cc1ccc(-c2ccccc2Oc2ccccc2)cc1)NC(=O)c1cc(Br)ccc1OCc1ccc(-c2ccccc2)cc1. The molecule has 0 aliphatic rings. The van der Waals surface area contributed by atoms with Gasteiger partial charge in [-0.15, -0.1) is 0 Å². The van der Waals surface area contributed by atoms with Gasteiger partial charge in [-0.3, -0.25) is 9.59 Å². The molecule has 2 N–H and O–H groups in total. The molecular formula is C43H36BrNO5. The number of rotatable bonds is 13. The second-order valence-electron chi connectivity index (χ2n) is 11.9. The molecule has 1 amide bonds. The number of para-hydroxylation sites is 2. The van der Waals surface area contributed by atoms with Gasteiger partial charge in [-0.1, -0.05) is 131 Å². The molecule has 0 radical (unpaired) electrons. The lowest BCUT2D eigenvalue weighted by atomic mass is 9.96. The maximum atomic E-state index is 13.7. The zero-order valence-electron chi connectivity index (χ0n) is 27.5. The van der Waals surface area contributed by atoms with E-state index in [0.29, 0.717) is 10.2 Å². The molecule has 6 rings (SSSR count). The fraction of sp³-hybridized carbons (Fsp3) is 0.116. The van der Waals surface area contributed by atoms with Crippen LogP contribution in [-0.2, 0) is 17.8 Å². The van der Waals surface area contributed by atoms with Gasteiger partial charge in [-0.25, -0.2) is 0 Å². The normalized spacial score (nSPS) is 12.1. The number of nitrogens with one attached hydrogen (secondary N) is 1. The number of carbonyl (C=O) groups excluding carboxylic acids is 2. The van der Waals surface area contributed by atoms with E-state index in [4.69, 9.17) is 9.47 Å². The maximum absolute atomic E-state index is 13.7. The van der Waals surface area contributed by atoms with Crippen LogP contribution in [0.5, 0.6) is 17.2 Å². The molecule has 7 heteroatoms. The Labute approximate surface area is 300 Å². The van der Waals surface area contributed by atoms with Gasteiger partial charge in [0.1, 0.15) is 30.0 Å². The Kier molecular flexibility index (Phi) is 11.2. The molecule has 0 heterocycles. The zero-order chi connectivity index (χ0) is 34.9. The molecule has 0 aliphatic carbocycles. The van der Waals surface area contributed by atoms with E-state index in [1.165, 1.54) is 6.92 Å². The zero-order valence-corrected chi connectivity index (χ0v) is 29.0. The van der Waals surface area contributed by atoms with Crippen molar-refractivity contribution in [2.45, 2.75) is 32.1 Å². The minimum absolute atomic E-state index is 0.190. The molecule has 6 aromatic rings. The first-order valence-corrected chi connectivity index (χ1v) is 17.1. The van der Waals surface area contributed by atoms with Crippen LogP contribution in [0.3, 0.4) is 0 Å². The van der Waals surface area contributed by atoms with Crippen LogP contribution >= 0.6 is 15.9 Å². The van der Waals surface area contributed by atoms with Crippen LogP contribution in [0.4, 0.5) is 0 Å². The Morgan fingerprint density at radius 3 is 1.98 bits per heavy atom. The number of Topliss-reactive ketones (excluding diaryl/α,β-unsaturated/α-hetero) is 1. The fourth-order valence-electron chi connectivity index (χ4n) is 5.61. The van der Waals surface area contributed by atoms with Gasteiger partial charge < -0.3 is 19.9 Å². The van der Waals surface area contributed by atoms with Crippen LogP contribution < -0.4 is 14.8 Å². The Bertz CT molecular complexity index is 2050. The topological polar surface area (TPSA) is 84.9 Å². The molecule has 0 bridgehead atoms. The standard InChI is InChI=1S/C43H36BrNO5/c1-29(46)42(47)39(26-30-16-22-34(23-17-30)37-14-8-9-15-41(37)50-36-12-6-3-7-13-36)45-43(48)38-27-35(44)24-25-40(38)49-28-31-18-20-33(21-19-31)32-10-4-2-5-11-32/h2-25,27,29,39,46H,26,28H2,1H3,(H,45,48)/t29?,39-/m0/s1. The summed E-state index contributed by atoms with van der Waals surface area (Å²) < 4.78 is 13.0. The molecule has 0 aromatic heterocycles. The summed E-state index contributed by atoms with van der Waals surface area (Å²) in [5.74, 6) is 0.866. The number of amides is 1. The molecular weight excluding hydrogens is 690 g/mol. The Morgan fingerprint density at radius 1 is 0.680 bits per heavy atom. The number of aliphatic hydroxyl groups is 1. The van der Waals surface area contributed by atoms with Gasteiger partial charge in [0.05, 0.1) is 11.6 Å². The minimum atomic E-state index is -1.27. The molecule has 0 saturated heterocycles. The van der Waals surface area contributed by atoms with Gasteiger partial charge >= 0.3 is 0 Å². The minimum Gasteiger partial charge on any atom is -0.488 e. The Balaban J connectivity index is 1.16. The third-order valence-corrected chi connectivity index (χ3v) is 8.76. The van der Waals surface area contributed by atoms with Crippen LogP contribution in [0, 0.1) is 0 Å². The van der Waals surface area contributed by atoms with Crippen LogP contribution in [0.2, 0.25) is 0 Å². The number of benzene rings is 6. The highest BCUT2D eigenvalue weighted by atomic mass is 79.9. The lowest BCUT2D eigenvalue weighted by Crippen LogP contribution is -2.46. The quantitative estimate of drug-likeness (QED) is 0.124. The van der Waals surface area contributed by atoms with Gasteiger partial charge in [0, 0.05) is 10.0 Å². The fourth-order valence-corrected chi connectivity index (χ4v) is 5.97. The molecule has 50 heavy (non-hydrogen) atoms. The van der Waals surface area contributed by atoms with Crippen molar-refractivity contribution < 1.29 is 24.2 Å². The summed E-state index contributed by atoms with van der Waals surface area (Å²) in [5, 5.41) is 13.1. The van der Waals surface area contributed by atoms with E-state index >= 15 is 0 Å². The second kappa shape index (κ2) is 16.3. The number of halogens is 1. The number of ketones is 1. The van der Waals surface area contributed by atoms with Crippen molar-refractivity contribution >= 4 is 27.6 Å². The van der Waals surface area contributed by atoms with Gasteiger partial charge in [-0.2, -0.15) is 0 Å². The van der Waals surface area contributed by atoms with E-state index in [2.05, 4.69) is 33.4 Å². The van der Waals surface area contributed by atoms with Crippen molar-refractivity contribution in [2.24, 2.45) is 0 Å². The average Bonchev–Trinajstić information content (AvgIpc) is 3.15. The third kappa shape index (κ3) is 8.74. The molecule has 2 atom stereocenters. The smallest absolute Gasteiger partial charge is 0.255 e. The number of ether oxygens (including phenoxy) is 2. The van der Waals surface area contributed by atoms with E-state index in [0.717, 1.165) is 44.9 Å². The molecule has 1 unspecified atom stereocenters. The van der Waals surface area contributed by atoms with E-state index in [1.54, 1.807) is 18.2 Å². The van der Waals surface area contributed by atoms with E-state index < -0.39 is 23.8 Å². The van der Waals surface area contributed by atoms with Crippen molar-refractivity contribution in [3.63, 3.8) is 0 Å². The first-order valence-electron chi connectivity index (χ1n) is 16.3. The summed E-state index contributed by atoms with van der Waals surface area (Å²) in [7, 11) is 0. The largest absolute Gasteiger partial charge is 0.488 e. The lowest BCUT2D eigenvalue weighted by molar-refractivity contribution is -0.128. The highest BCUT2D eigenvalue weighted by Crippen LogP contribution is 2.33. The molecule has 250 valence electrons. The van der Waals surface area contributed by atoms with Crippen molar-refractivity contribution in [1.82, 2.24) is 5.32 Å².